The molecule has 1 aromatic rings. The van der Waals surface area contributed by atoms with E-state index < -0.39 is 0 Å². The summed E-state index contributed by atoms with van der Waals surface area (Å²) in [5.41, 5.74) is 0.757. The lowest BCUT2D eigenvalue weighted by Crippen LogP contribution is -2.33. The minimum absolute atomic E-state index is 0.223. The van der Waals surface area contributed by atoms with E-state index in [2.05, 4.69) is 24.1 Å². The number of carbonyl (C=O) groups excluding carboxylic acids is 2. The highest BCUT2D eigenvalue weighted by atomic mass is 32.2. The van der Waals surface area contributed by atoms with E-state index >= 15 is 0 Å². The average molecular weight is 425 g/mol. The van der Waals surface area contributed by atoms with Crippen LogP contribution in [0.2, 0.25) is 0 Å². The van der Waals surface area contributed by atoms with Gasteiger partial charge in [-0.05, 0) is 26.2 Å². The summed E-state index contributed by atoms with van der Waals surface area (Å²) in [7, 11) is 0. The van der Waals surface area contributed by atoms with Crippen LogP contribution >= 0.6 is 23.1 Å². The molecule has 0 saturated carbocycles. The lowest BCUT2D eigenvalue weighted by Gasteiger charge is -2.22. The summed E-state index contributed by atoms with van der Waals surface area (Å²) < 4.78 is 5.89. The van der Waals surface area contributed by atoms with Crippen molar-refractivity contribution in [3.8, 4) is 0 Å². The maximum Gasteiger partial charge on any atom is 0.311 e. The van der Waals surface area contributed by atoms with Crippen molar-refractivity contribution in [2.24, 2.45) is 0 Å². The highest BCUT2D eigenvalue weighted by Gasteiger charge is 2.28. The molecule has 2 heterocycles. The van der Waals surface area contributed by atoms with Gasteiger partial charge in [-0.3, -0.25) is 9.59 Å². The van der Waals surface area contributed by atoms with E-state index in [1.807, 2.05) is 10.3 Å². The third-order valence-corrected chi connectivity index (χ3v) is 6.73. The van der Waals surface area contributed by atoms with Crippen LogP contribution in [0.5, 0.6) is 0 Å². The van der Waals surface area contributed by atoms with E-state index in [0.29, 0.717) is 13.0 Å². The molecule has 156 valence electrons. The number of hydrogen-bond donors (Lipinski definition) is 0. The molecule has 0 N–H and O–H groups in total. The Morgan fingerprint density at radius 1 is 1.39 bits per heavy atom. The Hall–Kier alpha value is -1.34. The number of aromatic nitrogens is 1. The summed E-state index contributed by atoms with van der Waals surface area (Å²) in [6, 6.07) is 0.245. The summed E-state index contributed by atoms with van der Waals surface area (Å²) >= 11 is 3.19. The number of esters is 1. The standard InChI is InChI=1S/C21H32N2O3S2/c1-3-5-6-7-8-9-10-18-11-12-19(24)23(18)13-14-27-21-22-17(16-28-21)15-20(25)26-4-2/h9-10,16,18H,3-8,11-15H2,1-2H3/b10-9+. The van der Waals surface area contributed by atoms with Gasteiger partial charge in [0.1, 0.15) is 4.34 Å². The summed E-state index contributed by atoms with van der Waals surface area (Å²) in [6.45, 7) is 5.15. The number of thiazole rings is 1. The first-order chi connectivity index (χ1) is 13.6. The van der Waals surface area contributed by atoms with Crippen LogP contribution in [0.25, 0.3) is 0 Å². The number of nitrogens with zero attached hydrogens (tertiary/aromatic N) is 2. The van der Waals surface area contributed by atoms with Gasteiger partial charge >= 0.3 is 5.97 Å². The van der Waals surface area contributed by atoms with E-state index in [9.17, 15) is 9.59 Å². The van der Waals surface area contributed by atoms with Crippen LogP contribution in [-0.2, 0) is 20.7 Å². The smallest absolute Gasteiger partial charge is 0.311 e. The first kappa shape index (κ1) is 22.9. The molecule has 5 nitrogen and oxygen atoms in total. The summed E-state index contributed by atoms with van der Waals surface area (Å²) in [5.74, 6) is 0.832. The number of likely N-dealkylation sites (tertiary alicyclic amines) is 1. The maximum atomic E-state index is 12.2. The Labute approximate surface area is 176 Å². The van der Waals surface area contributed by atoms with E-state index in [1.165, 1.54) is 25.7 Å². The predicted octanol–water partition coefficient (Wildman–Crippen LogP) is 4.86. The van der Waals surface area contributed by atoms with Gasteiger partial charge in [-0.15, -0.1) is 11.3 Å². The van der Waals surface area contributed by atoms with Crippen molar-refractivity contribution >= 4 is 35.0 Å². The Kier molecular flexibility index (Phi) is 10.6. The zero-order chi connectivity index (χ0) is 20.2. The van der Waals surface area contributed by atoms with E-state index in [4.69, 9.17) is 4.74 Å². The minimum atomic E-state index is -0.240. The molecule has 1 aliphatic heterocycles. The first-order valence-electron chi connectivity index (χ1n) is 10.3. The predicted molar refractivity (Wildman–Crippen MR) is 116 cm³/mol. The van der Waals surface area contributed by atoms with Crippen LogP contribution < -0.4 is 0 Å². The largest absolute Gasteiger partial charge is 0.466 e. The average Bonchev–Trinajstić information content (AvgIpc) is 3.25. The molecule has 1 atom stereocenters. The molecule has 28 heavy (non-hydrogen) atoms. The molecular formula is C21H32N2O3S2. The lowest BCUT2D eigenvalue weighted by molar-refractivity contribution is -0.142. The SMILES string of the molecule is CCCCCC/C=C/C1CCC(=O)N1CCSc1nc(CC(=O)OCC)cs1. The van der Waals surface area contributed by atoms with Gasteiger partial charge in [-0.1, -0.05) is 50.1 Å². The number of thioether (sulfide) groups is 1. The molecule has 1 fully saturated rings. The van der Waals surface area contributed by atoms with Gasteiger partial charge in [0.2, 0.25) is 5.91 Å². The fourth-order valence-corrected chi connectivity index (χ4v) is 5.07. The molecule has 1 aromatic heterocycles. The lowest BCUT2D eigenvalue weighted by atomic mass is 10.1. The van der Waals surface area contributed by atoms with Crippen LogP contribution in [0, 0.1) is 0 Å². The molecule has 0 radical (unpaired) electrons. The monoisotopic (exact) mass is 424 g/mol. The van der Waals surface area contributed by atoms with Gasteiger partial charge in [-0.2, -0.15) is 0 Å². The van der Waals surface area contributed by atoms with E-state index in [1.54, 1.807) is 30.0 Å². The molecule has 0 bridgehead atoms. The highest BCUT2D eigenvalue weighted by molar-refractivity contribution is 8.01. The van der Waals surface area contributed by atoms with Crippen LogP contribution in [0.1, 0.15) is 64.5 Å². The van der Waals surface area contributed by atoms with Crippen molar-refractivity contribution < 1.29 is 14.3 Å². The molecule has 1 amide bonds. The molecular weight excluding hydrogens is 392 g/mol. The van der Waals surface area contributed by atoms with Gasteiger partial charge in [0.05, 0.1) is 24.8 Å². The zero-order valence-corrected chi connectivity index (χ0v) is 18.7. The summed E-state index contributed by atoms with van der Waals surface area (Å²) in [5, 5.41) is 1.91. The van der Waals surface area contributed by atoms with E-state index in [0.717, 1.165) is 35.2 Å². The first-order valence-corrected chi connectivity index (χ1v) is 12.2. The molecule has 0 aromatic carbocycles. The maximum absolute atomic E-state index is 12.2. The summed E-state index contributed by atoms with van der Waals surface area (Å²) in [4.78, 5) is 30.2. The molecule has 0 aliphatic carbocycles. The van der Waals surface area contributed by atoms with Gasteiger partial charge in [0.25, 0.3) is 0 Å². The van der Waals surface area contributed by atoms with Crippen LogP contribution in [0.15, 0.2) is 21.9 Å². The van der Waals surface area contributed by atoms with Crippen molar-refractivity contribution in [2.75, 3.05) is 18.9 Å². The second-order valence-corrected chi connectivity index (χ2v) is 9.11. The molecule has 1 saturated heterocycles. The topological polar surface area (TPSA) is 59.5 Å². The number of ether oxygens (including phenoxy) is 1. The molecule has 7 heteroatoms. The van der Waals surface area contributed by atoms with Gasteiger partial charge in [0, 0.05) is 24.1 Å². The van der Waals surface area contributed by atoms with Gasteiger partial charge in [0.15, 0.2) is 0 Å². The van der Waals surface area contributed by atoms with Gasteiger partial charge in [-0.25, -0.2) is 4.98 Å². The van der Waals surface area contributed by atoms with Crippen molar-refractivity contribution in [2.45, 2.75) is 75.6 Å². The van der Waals surface area contributed by atoms with Gasteiger partial charge < -0.3 is 9.64 Å². The molecule has 2 rings (SSSR count). The minimum Gasteiger partial charge on any atom is -0.466 e. The number of allylic oxidation sites excluding steroid dienone is 1. The second-order valence-electron chi connectivity index (χ2n) is 6.91. The zero-order valence-electron chi connectivity index (χ0n) is 17.0. The van der Waals surface area contributed by atoms with Crippen molar-refractivity contribution in [3.05, 3.63) is 23.2 Å². The van der Waals surface area contributed by atoms with Crippen LogP contribution in [-0.4, -0.2) is 46.7 Å². The third kappa shape index (κ3) is 7.95. The Balaban J connectivity index is 1.73. The number of unbranched alkanes of at least 4 members (excludes halogenated alkanes) is 4. The quantitative estimate of drug-likeness (QED) is 0.196. The number of carbonyl (C=O) groups is 2. The number of amides is 1. The fraction of sp³-hybridized carbons (Fsp3) is 0.667. The fourth-order valence-electron chi connectivity index (χ4n) is 3.22. The third-order valence-electron chi connectivity index (χ3n) is 4.68. The molecule has 0 spiro atoms. The summed E-state index contributed by atoms with van der Waals surface area (Å²) in [6.07, 6.45) is 12.5. The Morgan fingerprint density at radius 3 is 3.04 bits per heavy atom. The van der Waals surface area contributed by atoms with Crippen molar-refractivity contribution in [3.63, 3.8) is 0 Å². The van der Waals surface area contributed by atoms with Crippen LogP contribution in [0.3, 0.4) is 0 Å². The number of rotatable bonds is 13. The highest BCUT2D eigenvalue weighted by Crippen LogP contribution is 2.25. The van der Waals surface area contributed by atoms with E-state index in [-0.39, 0.29) is 24.3 Å². The van der Waals surface area contributed by atoms with Crippen molar-refractivity contribution in [1.29, 1.82) is 0 Å². The number of hydrogen-bond acceptors (Lipinski definition) is 6. The molecule has 1 unspecified atom stereocenters. The normalized spacial score (nSPS) is 17.0. The Morgan fingerprint density at radius 2 is 2.25 bits per heavy atom. The second kappa shape index (κ2) is 13.0. The van der Waals surface area contributed by atoms with Crippen molar-refractivity contribution in [1.82, 2.24) is 9.88 Å². The molecule has 1 aliphatic rings. The Bertz CT molecular complexity index is 645. The van der Waals surface area contributed by atoms with Crippen LogP contribution in [0.4, 0.5) is 0 Å².